The Bertz CT molecular complexity index is 967. The zero-order valence-corrected chi connectivity index (χ0v) is 13.6. The van der Waals surface area contributed by atoms with Gasteiger partial charge in [0.25, 0.3) is 6.43 Å². The Morgan fingerprint density at radius 3 is 2.88 bits per heavy atom. The average molecular weight is 358 g/mol. The summed E-state index contributed by atoms with van der Waals surface area (Å²) in [7, 11) is 0. The van der Waals surface area contributed by atoms with Gasteiger partial charge in [-0.25, -0.2) is 18.3 Å². The predicted molar refractivity (Wildman–Crippen MR) is 93.8 cm³/mol. The van der Waals surface area contributed by atoms with Crippen LogP contribution in [0.4, 0.5) is 8.78 Å². The number of allylic oxidation sites excluding steroid dienone is 1. The van der Waals surface area contributed by atoms with E-state index in [1.165, 1.54) is 29.1 Å². The van der Waals surface area contributed by atoms with Crippen LogP contribution in [0.25, 0.3) is 22.5 Å². The normalized spacial score (nSPS) is 12.5. The molecule has 0 aliphatic rings. The third kappa shape index (κ3) is 3.57. The first-order valence-corrected chi connectivity index (χ1v) is 7.76. The van der Waals surface area contributed by atoms with Crippen molar-refractivity contribution < 1.29 is 13.9 Å². The number of imidazole rings is 1. The van der Waals surface area contributed by atoms with Crippen LogP contribution in [0.15, 0.2) is 47.9 Å². The summed E-state index contributed by atoms with van der Waals surface area (Å²) in [6, 6.07) is 6.21. The molecule has 0 saturated carbocycles. The maximum absolute atomic E-state index is 12.9. The molecule has 0 radical (unpaired) electrons. The highest BCUT2D eigenvalue weighted by Crippen LogP contribution is 2.24. The molecule has 0 aliphatic carbocycles. The Kier molecular flexibility index (Phi) is 5.28. The zero-order valence-electron chi connectivity index (χ0n) is 13.6. The van der Waals surface area contributed by atoms with E-state index in [4.69, 9.17) is 10.8 Å². The lowest BCUT2D eigenvalue weighted by Gasteiger charge is -2.06. The lowest BCUT2D eigenvalue weighted by atomic mass is 10.1. The minimum atomic E-state index is -2.67. The smallest absolute Gasteiger partial charge is 0.282 e. The Morgan fingerprint density at radius 2 is 2.15 bits per heavy atom. The van der Waals surface area contributed by atoms with Crippen molar-refractivity contribution in [1.29, 1.82) is 0 Å². The third-order valence-electron chi connectivity index (χ3n) is 3.60. The van der Waals surface area contributed by atoms with Crippen molar-refractivity contribution in [2.75, 3.05) is 13.2 Å². The van der Waals surface area contributed by atoms with Crippen molar-refractivity contribution in [2.45, 2.75) is 6.43 Å². The van der Waals surface area contributed by atoms with Gasteiger partial charge in [-0.2, -0.15) is 5.10 Å². The first kappa shape index (κ1) is 17.6. The maximum atomic E-state index is 12.9. The number of nitrogens with two attached hydrogens (primary N) is 1. The number of halogens is 2. The quantitative estimate of drug-likeness (QED) is 0.657. The van der Waals surface area contributed by atoms with E-state index in [9.17, 15) is 8.78 Å². The predicted octanol–water partition coefficient (Wildman–Crippen LogP) is 2.09. The van der Waals surface area contributed by atoms with Crippen molar-refractivity contribution in [3.8, 4) is 11.3 Å². The van der Waals surface area contributed by atoms with Crippen LogP contribution >= 0.6 is 0 Å². The van der Waals surface area contributed by atoms with Crippen molar-refractivity contribution >= 4 is 17.4 Å². The van der Waals surface area contributed by atoms with Crippen molar-refractivity contribution in [1.82, 2.24) is 19.6 Å². The minimum absolute atomic E-state index is 0.0677. The van der Waals surface area contributed by atoms with Crippen LogP contribution in [-0.4, -0.2) is 44.1 Å². The molecule has 3 aromatic rings. The van der Waals surface area contributed by atoms with Gasteiger partial charge < -0.3 is 10.8 Å². The lowest BCUT2D eigenvalue weighted by Crippen LogP contribution is -2.01. The van der Waals surface area contributed by atoms with Gasteiger partial charge in [-0.15, -0.1) is 0 Å². The largest absolute Gasteiger partial charge is 0.404 e. The van der Waals surface area contributed by atoms with Crippen LogP contribution in [0, 0.1) is 0 Å². The van der Waals surface area contributed by atoms with E-state index < -0.39 is 6.43 Å². The fourth-order valence-electron chi connectivity index (χ4n) is 2.36. The molecule has 3 N–H and O–H groups in total. The van der Waals surface area contributed by atoms with Gasteiger partial charge in [0.2, 0.25) is 0 Å². The number of alkyl halides is 2. The molecule has 3 heterocycles. The number of rotatable bonds is 6. The van der Waals surface area contributed by atoms with Gasteiger partial charge in [-0.05, 0) is 24.3 Å². The Hall–Kier alpha value is -3.20. The Morgan fingerprint density at radius 1 is 1.31 bits per heavy atom. The summed E-state index contributed by atoms with van der Waals surface area (Å²) in [6.45, 7) is 0.187. The van der Waals surface area contributed by atoms with E-state index in [0.29, 0.717) is 28.2 Å². The number of nitrogens with zero attached hydrogens (tertiary/aromatic N) is 5. The van der Waals surface area contributed by atoms with E-state index in [0.717, 1.165) is 0 Å². The average Bonchev–Trinajstić information content (AvgIpc) is 3.08. The molecule has 3 rings (SSSR count). The molecule has 0 bridgehead atoms. The molecule has 0 amide bonds. The first-order valence-electron chi connectivity index (χ1n) is 7.76. The van der Waals surface area contributed by atoms with Crippen LogP contribution in [0.1, 0.15) is 17.8 Å². The number of aliphatic hydroxyl groups is 1. The van der Waals surface area contributed by atoms with Crippen LogP contribution in [-0.2, 0) is 0 Å². The number of aliphatic hydroxyl groups excluding tert-OH is 1. The van der Waals surface area contributed by atoms with E-state index in [-0.39, 0.29) is 18.8 Å². The minimum Gasteiger partial charge on any atom is -0.404 e. The fraction of sp³-hybridized carbons (Fsp3) is 0.176. The standard InChI is InChI=1S/C17H16F2N6O/c18-17(19)13-1-2-16-23-10-15(25(16)24-13)11-3-4-22-14(7-11)12(8-20)9-21-5-6-26/h1-4,7-10,17,26H,5-6,20H2/b12-8+,21-9?. The summed E-state index contributed by atoms with van der Waals surface area (Å²) in [5, 5.41) is 12.8. The highest BCUT2D eigenvalue weighted by molar-refractivity contribution is 6.09. The molecule has 7 nitrogen and oxygen atoms in total. The van der Waals surface area contributed by atoms with Crippen molar-refractivity contribution in [2.24, 2.45) is 10.7 Å². The summed E-state index contributed by atoms with van der Waals surface area (Å²) in [5.74, 6) is 0. The van der Waals surface area contributed by atoms with Crippen molar-refractivity contribution in [3.05, 3.63) is 54.2 Å². The Balaban J connectivity index is 2.03. The van der Waals surface area contributed by atoms with E-state index in [2.05, 4.69) is 20.1 Å². The summed E-state index contributed by atoms with van der Waals surface area (Å²) in [5.41, 5.74) is 8.12. The lowest BCUT2D eigenvalue weighted by molar-refractivity contribution is 0.144. The molecule has 0 aromatic carbocycles. The summed E-state index contributed by atoms with van der Waals surface area (Å²) >= 11 is 0. The topological polar surface area (TPSA) is 102 Å². The zero-order chi connectivity index (χ0) is 18.5. The fourth-order valence-corrected chi connectivity index (χ4v) is 2.36. The van der Waals surface area contributed by atoms with Gasteiger partial charge >= 0.3 is 0 Å². The molecular weight excluding hydrogens is 342 g/mol. The molecule has 0 aliphatic heterocycles. The van der Waals surface area contributed by atoms with Gasteiger partial charge in [0.1, 0.15) is 5.69 Å². The van der Waals surface area contributed by atoms with Crippen molar-refractivity contribution in [3.63, 3.8) is 0 Å². The number of aliphatic imine (C=N–C) groups is 1. The summed E-state index contributed by atoms with van der Waals surface area (Å²) in [6.07, 6.45) is 3.34. The van der Waals surface area contributed by atoms with Crippen LogP contribution in [0.5, 0.6) is 0 Å². The number of hydrogen-bond acceptors (Lipinski definition) is 6. The number of fused-ring (bicyclic) bond motifs is 1. The molecular formula is C17H16F2N6O. The van der Waals surface area contributed by atoms with E-state index >= 15 is 0 Å². The second-order valence-corrected chi connectivity index (χ2v) is 5.28. The molecule has 26 heavy (non-hydrogen) atoms. The molecule has 0 saturated heterocycles. The molecule has 0 spiro atoms. The number of pyridine rings is 1. The number of aromatic nitrogens is 4. The second kappa shape index (κ2) is 7.79. The third-order valence-corrected chi connectivity index (χ3v) is 3.60. The van der Waals surface area contributed by atoms with Gasteiger partial charge in [-0.1, -0.05) is 0 Å². The Labute approximate surface area is 147 Å². The van der Waals surface area contributed by atoms with Gasteiger partial charge in [0, 0.05) is 29.7 Å². The van der Waals surface area contributed by atoms with Gasteiger partial charge in [-0.3, -0.25) is 9.98 Å². The second-order valence-electron chi connectivity index (χ2n) is 5.28. The first-order chi connectivity index (χ1) is 12.6. The van der Waals surface area contributed by atoms with E-state index in [1.807, 2.05) is 0 Å². The van der Waals surface area contributed by atoms with E-state index in [1.54, 1.807) is 24.5 Å². The maximum Gasteiger partial charge on any atom is 0.282 e. The molecule has 9 heteroatoms. The van der Waals surface area contributed by atoms with Gasteiger partial charge in [0.05, 0.1) is 30.7 Å². The molecule has 3 aromatic heterocycles. The molecule has 0 fully saturated rings. The molecule has 0 unspecified atom stereocenters. The van der Waals surface area contributed by atoms with Gasteiger partial charge in [0.15, 0.2) is 5.65 Å². The summed E-state index contributed by atoms with van der Waals surface area (Å²) < 4.78 is 27.2. The SMILES string of the molecule is N/C=C(\C=NCCO)c1cc(-c2cnc3ccc(C(F)F)nn23)ccn1. The molecule has 0 atom stereocenters. The highest BCUT2D eigenvalue weighted by Gasteiger charge is 2.14. The monoisotopic (exact) mass is 358 g/mol. The summed E-state index contributed by atoms with van der Waals surface area (Å²) in [4.78, 5) is 12.5. The van der Waals surface area contributed by atoms with Crippen LogP contribution in [0.3, 0.4) is 0 Å². The number of hydrogen-bond donors (Lipinski definition) is 2. The van der Waals surface area contributed by atoms with Crippen LogP contribution in [0.2, 0.25) is 0 Å². The highest BCUT2D eigenvalue weighted by atomic mass is 19.3. The molecule has 134 valence electrons. The van der Waals surface area contributed by atoms with Crippen LogP contribution < -0.4 is 5.73 Å².